The summed E-state index contributed by atoms with van der Waals surface area (Å²) in [6.07, 6.45) is 0.729. The fourth-order valence-corrected chi connectivity index (χ4v) is 2.81. The van der Waals surface area contributed by atoms with Gasteiger partial charge in [0.1, 0.15) is 0 Å². The molecule has 4 heteroatoms. The fourth-order valence-electron chi connectivity index (χ4n) is 2.42. The first-order valence-corrected chi connectivity index (χ1v) is 7.39. The number of carbonyl (C=O) groups is 1. The third kappa shape index (κ3) is 2.76. The molecule has 2 aromatic rings. The van der Waals surface area contributed by atoms with Crippen LogP contribution in [0.25, 0.3) is 0 Å². The van der Waals surface area contributed by atoms with Gasteiger partial charge >= 0.3 is 0 Å². The monoisotopic (exact) mass is 330 g/mol. The fraction of sp³-hybridized carbons (Fsp3) is 0.188. The van der Waals surface area contributed by atoms with Crippen molar-refractivity contribution in [3.05, 3.63) is 64.1 Å². The average Bonchev–Trinajstić information content (AvgIpc) is 2.49. The standard InChI is InChI=1S/C16H15BrN2O/c17-13-7-3-4-8-14(13)19-16(20)15-9-11-5-1-2-6-12(11)10-18-15/h1-8,15,18H,9-10H2,(H,19,20)/t15-/m0/s1. The highest BCUT2D eigenvalue weighted by Gasteiger charge is 2.24. The summed E-state index contributed by atoms with van der Waals surface area (Å²) in [4.78, 5) is 12.3. The van der Waals surface area contributed by atoms with E-state index >= 15 is 0 Å². The van der Waals surface area contributed by atoms with Crippen LogP contribution in [0, 0.1) is 0 Å². The molecule has 1 aliphatic heterocycles. The maximum atomic E-state index is 12.3. The molecule has 0 spiro atoms. The Bertz CT molecular complexity index is 642. The molecule has 1 heterocycles. The third-order valence-electron chi connectivity index (χ3n) is 3.53. The Balaban J connectivity index is 1.72. The molecular formula is C16H15BrN2O. The number of hydrogen-bond acceptors (Lipinski definition) is 2. The number of benzene rings is 2. The van der Waals surface area contributed by atoms with Gasteiger partial charge in [0, 0.05) is 11.0 Å². The Morgan fingerprint density at radius 1 is 1.10 bits per heavy atom. The largest absolute Gasteiger partial charge is 0.324 e. The van der Waals surface area contributed by atoms with Crippen LogP contribution in [-0.4, -0.2) is 11.9 Å². The first kappa shape index (κ1) is 13.3. The number of halogens is 1. The van der Waals surface area contributed by atoms with Crippen LogP contribution < -0.4 is 10.6 Å². The van der Waals surface area contributed by atoms with Crippen LogP contribution in [-0.2, 0) is 17.8 Å². The van der Waals surface area contributed by atoms with Gasteiger partial charge < -0.3 is 10.6 Å². The number of nitrogens with one attached hydrogen (secondary N) is 2. The van der Waals surface area contributed by atoms with Crippen molar-refractivity contribution in [3.8, 4) is 0 Å². The SMILES string of the molecule is O=C(Nc1ccccc1Br)[C@@H]1Cc2ccccc2CN1. The van der Waals surface area contributed by atoms with Crippen molar-refractivity contribution in [2.24, 2.45) is 0 Å². The normalized spacial score (nSPS) is 17.4. The lowest BCUT2D eigenvalue weighted by molar-refractivity contribution is -0.118. The van der Waals surface area contributed by atoms with Crippen LogP contribution in [0.1, 0.15) is 11.1 Å². The number of fused-ring (bicyclic) bond motifs is 1. The second kappa shape index (κ2) is 5.77. The molecule has 0 unspecified atom stereocenters. The van der Waals surface area contributed by atoms with Crippen LogP contribution in [0.5, 0.6) is 0 Å². The first-order chi connectivity index (χ1) is 9.74. The Labute approximate surface area is 126 Å². The molecular weight excluding hydrogens is 316 g/mol. The zero-order chi connectivity index (χ0) is 13.9. The summed E-state index contributed by atoms with van der Waals surface area (Å²) in [6.45, 7) is 0.740. The molecule has 0 saturated heterocycles. The molecule has 0 aliphatic carbocycles. The minimum atomic E-state index is -0.183. The van der Waals surface area contributed by atoms with E-state index in [1.165, 1.54) is 11.1 Å². The van der Waals surface area contributed by atoms with Crippen LogP contribution in [0.2, 0.25) is 0 Å². The van der Waals surface area contributed by atoms with E-state index in [2.05, 4.69) is 38.7 Å². The first-order valence-electron chi connectivity index (χ1n) is 6.59. The van der Waals surface area contributed by atoms with Crippen LogP contribution in [0.15, 0.2) is 53.0 Å². The Morgan fingerprint density at radius 2 is 1.80 bits per heavy atom. The second-order valence-corrected chi connectivity index (χ2v) is 5.73. The minimum Gasteiger partial charge on any atom is -0.324 e. The summed E-state index contributed by atoms with van der Waals surface area (Å²) < 4.78 is 0.893. The van der Waals surface area contributed by atoms with E-state index in [4.69, 9.17) is 0 Å². The Morgan fingerprint density at radius 3 is 2.60 bits per heavy atom. The lowest BCUT2D eigenvalue weighted by Gasteiger charge is -2.25. The molecule has 0 radical (unpaired) electrons. The van der Waals surface area contributed by atoms with Crippen LogP contribution >= 0.6 is 15.9 Å². The van der Waals surface area contributed by atoms with E-state index in [9.17, 15) is 4.79 Å². The molecule has 3 rings (SSSR count). The van der Waals surface area contributed by atoms with Gasteiger partial charge in [-0.3, -0.25) is 4.79 Å². The average molecular weight is 331 g/mol. The summed E-state index contributed by atoms with van der Waals surface area (Å²) in [7, 11) is 0. The van der Waals surface area contributed by atoms with Crippen molar-refractivity contribution in [1.82, 2.24) is 5.32 Å². The predicted octanol–water partition coefficient (Wildman–Crippen LogP) is 3.10. The van der Waals surface area contributed by atoms with Crippen LogP contribution in [0.4, 0.5) is 5.69 Å². The molecule has 0 saturated carbocycles. The highest BCUT2D eigenvalue weighted by atomic mass is 79.9. The van der Waals surface area contributed by atoms with Gasteiger partial charge in [0.25, 0.3) is 0 Å². The molecule has 20 heavy (non-hydrogen) atoms. The van der Waals surface area contributed by atoms with Crippen molar-refractivity contribution in [2.45, 2.75) is 19.0 Å². The van der Waals surface area contributed by atoms with Crippen molar-refractivity contribution >= 4 is 27.5 Å². The third-order valence-corrected chi connectivity index (χ3v) is 4.22. The van der Waals surface area contributed by atoms with E-state index in [0.717, 1.165) is 23.1 Å². The second-order valence-electron chi connectivity index (χ2n) is 4.88. The molecule has 2 N–H and O–H groups in total. The van der Waals surface area contributed by atoms with Gasteiger partial charge in [-0.05, 0) is 45.6 Å². The zero-order valence-electron chi connectivity index (χ0n) is 10.9. The number of para-hydroxylation sites is 1. The van der Waals surface area contributed by atoms with E-state index in [0.29, 0.717) is 0 Å². The smallest absolute Gasteiger partial charge is 0.241 e. The van der Waals surface area contributed by atoms with Gasteiger partial charge in [0.15, 0.2) is 0 Å². The van der Waals surface area contributed by atoms with Crippen molar-refractivity contribution in [1.29, 1.82) is 0 Å². The highest BCUT2D eigenvalue weighted by molar-refractivity contribution is 9.10. The van der Waals surface area contributed by atoms with Crippen LogP contribution in [0.3, 0.4) is 0 Å². The summed E-state index contributed by atoms with van der Waals surface area (Å²) in [5.41, 5.74) is 3.33. The number of rotatable bonds is 2. The lowest BCUT2D eigenvalue weighted by atomic mass is 9.95. The minimum absolute atomic E-state index is 0.00593. The van der Waals surface area contributed by atoms with Gasteiger partial charge in [-0.2, -0.15) is 0 Å². The van der Waals surface area contributed by atoms with Gasteiger partial charge in [0.2, 0.25) is 5.91 Å². The quantitative estimate of drug-likeness (QED) is 0.888. The molecule has 0 bridgehead atoms. The van der Waals surface area contributed by atoms with Crippen molar-refractivity contribution in [2.75, 3.05) is 5.32 Å². The number of amides is 1. The topological polar surface area (TPSA) is 41.1 Å². The maximum absolute atomic E-state index is 12.3. The Hall–Kier alpha value is -1.65. The van der Waals surface area contributed by atoms with E-state index < -0.39 is 0 Å². The lowest BCUT2D eigenvalue weighted by Crippen LogP contribution is -2.44. The van der Waals surface area contributed by atoms with E-state index in [1.807, 2.05) is 36.4 Å². The van der Waals surface area contributed by atoms with Crippen molar-refractivity contribution < 1.29 is 4.79 Å². The molecule has 0 fully saturated rings. The van der Waals surface area contributed by atoms with Gasteiger partial charge in [-0.25, -0.2) is 0 Å². The molecule has 1 amide bonds. The predicted molar refractivity (Wildman–Crippen MR) is 83.5 cm³/mol. The molecule has 1 atom stereocenters. The summed E-state index contributed by atoms with van der Waals surface area (Å²) in [5.74, 6) is 0.00593. The molecule has 0 aromatic heterocycles. The highest BCUT2D eigenvalue weighted by Crippen LogP contribution is 2.22. The van der Waals surface area contributed by atoms with E-state index in [-0.39, 0.29) is 11.9 Å². The Kier molecular flexibility index (Phi) is 3.85. The molecule has 102 valence electrons. The molecule has 2 aromatic carbocycles. The number of carbonyl (C=O) groups excluding carboxylic acids is 1. The van der Waals surface area contributed by atoms with Gasteiger partial charge in [-0.1, -0.05) is 36.4 Å². The van der Waals surface area contributed by atoms with E-state index in [1.54, 1.807) is 0 Å². The molecule has 3 nitrogen and oxygen atoms in total. The number of hydrogen-bond donors (Lipinski definition) is 2. The maximum Gasteiger partial charge on any atom is 0.241 e. The summed E-state index contributed by atoms with van der Waals surface area (Å²) in [6, 6.07) is 15.7. The number of anilines is 1. The summed E-state index contributed by atoms with van der Waals surface area (Å²) >= 11 is 3.44. The van der Waals surface area contributed by atoms with Gasteiger partial charge in [-0.15, -0.1) is 0 Å². The molecule has 1 aliphatic rings. The van der Waals surface area contributed by atoms with Crippen molar-refractivity contribution in [3.63, 3.8) is 0 Å². The zero-order valence-corrected chi connectivity index (χ0v) is 12.5. The summed E-state index contributed by atoms with van der Waals surface area (Å²) in [5, 5.41) is 6.25. The van der Waals surface area contributed by atoms with Gasteiger partial charge in [0.05, 0.1) is 11.7 Å².